The number of primary amides is 1. The van der Waals surface area contributed by atoms with Crippen LogP contribution in [0, 0.1) is 5.92 Å². The molecule has 3 N–H and O–H groups in total. The van der Waals surface area contributed by atoms with Crippen molar-refractivity contribution in [2.45, 2.75) is 51.2 Å². The molecule has 1 aromatic carbocycles. The van der Waals surface area contributed by atoms with E-state index >= 15 is 0 Å². The second-order valence-corrected chi connectivity index (χ2v) is 8.47. The lowest BCUT2D eigenvalue weighted by Gasteiger charge is -2.35. The Kier molecular flexibility index (Phi) is 10.1. The van der Waals surface area contributed by atoms with Gasteiger partial charge >= 0.3 is 6.18 Å². The maximum absolute atomic E-state index is 13.0. The predicted octanol–water partition coefficient (Wildman–Crippen LogP) is 2.10. The highest BCUT2D eigenvalue weighted by atomic mass is 19.4. The number of rotatable bonds is 11. The van der Waals surface area contributed by atoms with Crippen LogP contribution < -0.4 is 11.1 Å². The number of unbranched alkanes of at least 4 members (excludes halogenated alkanes) is 1. The molecule has 3 amide bonds. The molecule has 1 aliphatic heterocycles. The summed E-state index contributed by atoms with van der Waals surface area (Å²) in [7, 11) is 0. The number of hydrogen-bond donors (Lipinski definition) is 2. The van der Waals surface area contributed by atoms with Gasteiger partial charge in [-0.15, -0.1) is 0 Å². The molecule has 0 spiro atoms. The van der Waals surface area contributed by atoms with E-state index in [4.69, 9.17) is 5.73 Å². The zero-order valence-electron chi connectivity index (χ0n) is 18.9. The molecule has 184 valence electrons. The van der Waals surface area contributed by atoms with Crippen LogP contribution in [0.5, 0.6) is 0 Å². The molecule has 0 aliphatic carbocycles. The van der Waals surface area contributed by atoms with E-state index in [0.717, 1.165) is 18.4 Å². The molecular formula is C23H33F3N4O3. The number of nitrogens with one attached hydrogen (secondary N) is 1. The van der Waals surface area contributed by atoms with Gasteiger partial charge in [-0.3, -0.25) is 19.3 Å². The average molecular weight is 471 g/mol. The third-order valence-electron chi connectivity index (χ3n) is 5.75. The standard InChI is InChI=1S/C23H33F3N4O3/c1-2-3-9-19(21(27)32)28-22(33)18(14-17-7-5-4-6-8-17)15-20(31)30-12-10-29(11-13-30)16-23(24,25)26/h4-8,18-19H,2-3,9-16H2,1H3,(H2,27,32)(H,28,33). The minimum absolute atomic E-state index is 0.0980. The molecule has 0 bridgehead atoms. The SMILES string of the molecule is CCCCC(NC(=O)C(CC(=O)N1CCN(CC(F)(F)F)CC1)Cc1ccccc1)C(N)=O. The van der Waals surface area contributed by atoms with E-state index in [1.807, 2.05) is 37.3 Å². The largest absolute Gasteiger partial charge is 0.401 e. The fourth-order valence-electron chi connectivity index (χ4n) is 3.89. The van der Waals surface area contributed by atoms with E-state index in [9.17, 15) is 27.6 Å². The Morgan fingerprint density at radius 2 is 1.73 bits per heavy atom. The summed E-state index contributed by atoms with van der Waals surface area (Å²) in [6.07, 6.45) is -2.10. The van der Waals surface area contributed by atoms with Crippen molar-refractivity contribution in [3.63, 3.8) is 0 Å². The third kappa shape index (κ3) is 9.41. The quantitative estimate of drug-likeness (QED) is 0.518. The van der Waals surface area contributed by atoms with Gasteiger partial charge in [0.1, 0.15) is 6.04 Å². The molecule has 0 saturated carbocycles. The molecule has 10 heteroatoms. The molecule has 2 rings (SSSR count). The fraction of sp³-hybridized carbons (Fsp3) is 0.609. The lowest BCUT2D eigenvalue weighted by molar-refractivity contribution is -0.152. The first kappa shape index (κ1) is 26.6. The molecule has 2 unspecified atom stereocenters. The van der Waals surface area contributed by atoms with Crippen molar-refractivity contribution in [1.29, 1.82) is 0 Å². The van der Waals surface area contributed by atoms with Gasteiger partial charge in [0.25, 0.3) is 0 Å². The Hall–Kier alpha value is -2.62. The Balaban J connectivity index is 2.03. The van der Waals surface area contributed by atoms with Gasteiger partial charge < -0.3 is 16.0 Å². The van der Waals surface area contributed by atoms with Crippen LogP contribution in [0.25, 0.3) is 0 Å². The summed E-state index contributed by atoms with van der Waals surface area (Å²) >= 11 is 0. The zero-order valence-corrected chi connectivity index (χ0v) is 18.9. The molecule has 2 atom stereocenters. The van der Waals surface area contributed by atoms with Crippen LogP contribution in [-0.2, 0) is 20.8 Å². The van der Waals surface area contributed by atoms with Crippen molar-refractivity contribution in [3.05, 3.63) is 35.9 Å². The highest BCUT2D eigenvalue weighted by Gasteiger charge is 2.34. The van der Waals surface area contributed by atoms with Crippen LogP contribution >= 0.6 is 0 Å². The summed E-state index contributed by atoms with van der Waals surface area (Å²) in [4.78, 5) is 40.5. The van der Waals surface area contributed by atoms with Crippen LogP contribution in [0.15, 0.2) is 30.3 Å². The lowest BCUT2D eigenvalue weighted by atomic mass is 9.93. The molecular weight excluding hydrogens is 437 g/mol. The Bertz CT molecular complexity index is 781. The van der Waals surface area contributed by atoms with Crippen molar-refractivity contribution in [3.8, 4) is 0 Å². The van der Waals surface area contributed by atoms with Gasteiger partial charge in [-0.25, -0.2) is 0 Å². The van der Waals surface area contributed by atoms with Crippen LogP contribution in [0.1, 0.15) is 38.2 Å². The molecule has 0 aromatic heterocycles. The summed E-state index contributed by atoms with van der Waals surface area (Å²) in [5, 5.41) is 2.70. The molecule has 1 aromatic rings. The summed E-state index contributed by atoms with van der Waals surface area (Å²) in [5.74, 6) is -2.07. The topological polar surface area (TPSA) is 95.7 Å². The molecule has 1 heterocycles. The number of carbonyl (C=O) groups is 3. The Morgan fingerprint density at radius 3 is 2.27 bits per heavy atom. The van der Waals surface area contributed by atoms with Crippen molar-refractivity contribution < 1.29 is 27.6 Å². The van der Waals surface area contributed by atoms with Gasteiger partial charge in [-0.05, 0) is 18.4 Å². The summed E-state index contributed by atoms with van der Waals surface area (Å²) < 4.78 is 37.8. The number of amides is 3. The number of nitrogens with zero attached hydrogens (tertiary/aromatic N) is 2. The van der Waals surface area contributed by atoms with Gasteiger partial charge in [0.2, 0.25) is 17.7 Å². The van der Waals surface area contributed by atoms with E-state index in [0.29, 0.717) is 12.8 Å². The molecule has 1 fully saturated rings. The maximum Gasteiger partial charge on any atom is 0.401 e. The van der Waals surface area contributed by atoms with Gasteiger partial charge in [-0.2, -0.15) is 13.2 Å². The Labute approximate surface area is 192 Å². The number of halogens is 3. The van der Waals surface area contributed by atoms with Crippen molar-refractivity contribution in [1.82, 2.24) is 15.1 Å². The van der Waals surface area contributed by atoms with Crippen molar-refractivity contribution >= 4 is 17.7 Å². The number of carbonyl (C=O) groups excluding carboxylic acids is 3. The van der Waals surface area contributed by atoms with Gasteiger partial charge in [0.15, 0.2) is 0 Å². The van der Waals surface area contributed by atoms with Crippen molar-refractivity contribution in [2.24, 2.45) is 11.7 Å². The highest BCUT2D eigenvalue weighted by Crippen LogP contribution is 2.19. The average Bonchev–Trinajstić information content (AvgIpc) is 2.75. The zero-order chi connectivity index (χ0) is 24.4. The summed E-state index contributed by atoms with van der Waals surface area (Å²) in [6.45, 7) is 1.57. The number of piperazine rings is 1. The number of benzene rings is 1. The minimum atomic E-state index is -4.28. The first-order valence-electron chi connectivity index (χ1n) is 11.3. The third-order valence-corrected chi connectivity index (χ3v) is 5.75. The first-order valence-corrected chi connectivity index (χ1v) is 11.3. The summed E-state index contributed by atoms with van der Waals surface area (Å²) in [6, 6.07) is 8.40. The van der Waals surface area contributed by atoms with E-state index in [2.05, 4.69) is 5.32 Å². The number of alkyl halides is 3. The lowest BCUT2D eigenvalue weighted by Crippen LogP contribution is -2.52. The molecule has 7 nitrogen and oxygen atoms in total. The van der Waals surface area contributed by atoms with Crippen LogP contribution in [0.3, 0.4) is 0 Å². The molecule has 33 heavy (non-hydrogen) atoms. The number of hydrogen-bond acceptors (Lipinski definition) is 4. The normalized spacial score (nSPS) is 16.8. The van der Waals surface area contributed by atoms with E-state index in [1.54, 1.807) is 0 Å². The molecule has 0 radical (unpaired) electrons. The monoisotopic (exact) mass is 470 g/mol. The summed E-state index contributed by atoms with van der Waals surface area (Å²) in [5.41, 5.74) is 6.31. The maximum atomic E-state index is 13.0. The van der Waals surface area contributed by atoms with Gasteiger partial charge in [-0.1, -0.05) is 50.1 Å². The van der Waals surface area contributed by atoms with Crippen LogP contribution in [0.4, 0.5) is 13.2 Å². The Morgan fingerprint density at radius 1 is 1.09 bits per heavy atom. The van der Waals surface area contributed by atoms with Crippen LogP contribution in [0.2, 0.25) is 0 Å². The van der Waals surface area contributed by atoms with E-state index in [1.165, 1.54) is 9.80 Å². The minimum Gasteiger partial charge on any atom is -0.368 e. The van der Waals surface area contributed by atoms with E-state index in [-0.39, 0.29) is 38.5 Å². The highest BCUT2D eigenvalue weighted by molar-refractivity contribution is 5.90. The molecule has 1 aliphatic rings. The number of nitrogens with two attached hydrogens (primary N) is 1. The fourth-order valence-corrected chi connectivity index (χ4v) is 3.89. The van der Waals surface area contributed by atoms with Crippen LogP contribution in [-0.4, -0.2) is 72.5 Å². The predicted molar refractivity (Wildman–Crippen MR) is 118 cm³/mol. The van der Waals surface area contributed by atoms with Gasteiger partial charge in [0, 0.05) is 32.6 Å². The van der Waals surface area contributed by atoms with E-state index < -0.39 is 36.5 Å². The smallest absolute Gasteiger partial charge is 0.368 e. The molecule has 1 saturated heterocycles. The second-order valence-electron chi connectivity index (χ2n) is 8.47. The second kappa shape index (κ2) is 12.6. The first-order chi connectivity index (χ1) is 15.6. The van der Waals surface area contributed by atoms with Gasteiger partial charge in [0.05, 0.1) is 12.5 Å². The van der Waals surface area contributed by atoms with Crippen molar-refractivity contribution in [2.75, 3.05) is 32.7 Å².